The Morgan fingerprint density at radius 2 is 1.88 bits per heavy atom. The maximum atomic E-state index is 12.8. The van der Waals surface area contributed by atoms with Crippen molar-refractivity contribution in [3.05, 3.63) is 51.2 Å². The number of hydrogen-bond acceptors (Lipinski definition) is 7. The van der Waals surface area contributed by atoms with Crippen molar-refractivity contribution in [2.45, 2.75) is 32.2 Å². The van der Waals surface area contributed by atoms with Gasteiger partial charge in [0.1, 0.15) is 0 Å². The van der Waals surface area contributed by atoms with Crippen LogP contribution in [0.25, 0.3) is 10.6 Å². The highest BCUT2D eigenvalue weighted by Gasteiger charge is 2.23. The molecule has 3 rings (SSSR count). The molecule has 0 aliphatic rings. The highest BCUT2D eigenvalue weighted by molar-refractivity contribution is 7.89. The molecule has 11 heteroatoms. The lowest BCUT2D eigenvalue weighted by atomic mass is 10.1. The Morgan fingerprint density at radius 1 is 1.16 bits per heavy atom. The van der Waals surface area contributed by atoms with Crippen molar-refractivity contribution in [3.63, 3.8) is 0 Å². The fourth-order valence-electron chi connectivity index (χ4n) is 2.86. The van der Waals surface area contributed by atoms with E-state index in [4.69, 9.17) is 0 Å². The Balaban J connectivity index is 1.80. The van der Waals surface area contributed by atoms with E-state index in [1.54, 1.807) is 19.9 Å². The molecular formula is C21H24N4O4S3. The van der Waals surface area contributed by atoms with Crippen molar-refractivity contribution in [3.8, 4) is 10.6 Å². The van der Waals surface area contributed by atoms with Gasteiger partial charge in [0, 0.05) is 36.8 Å². The molecular weight excluding hydrogens is 468 g/mol. The van der Waals surface area contributed by atoms with E-state index in [0.29, 0.717) is 22.8 Å². The average molecular weight is 493 g/mol. The summed E-state index contributed by atoms with van der Waals surface area (Å²) in [6, 6.07) is 6.91. The van der Waals surface area contributed by atoms with Gasteiger partial charge in [0.05, 0.1) is 22.0 Å². The van der Waals surface area contributed by atoms with Crippen molar-refractivity contribution >= 4 is 49.6 Å². The number of amides is 2. The molecule has 0 saturated carbocycles. The monoisotopic (exact) mass is 492 g/mol. The Morgan fingerprint density at radius 3 is 2.53 bits per heavy atom. The minimum Gasteiger partial charge on any atom is -0.351 e. The molecule has 0 unspecified atom stereocenters. The van der Waals surface area contributed by atoms with Gasteiger partial charge in [-0.15, -0.1) is 22.7 Å². The SMILES string of the molecule is CC(=O)NCc1ccc(-c2csc(NC(=O)c3cc(C)c(C)c(S(=O)(=O)N(C)C)c3)n2)s1. The van der Waals surface area contributed by atoms with Gasteiger partial charge in [0.15, 0.2) is 5.13 Å². The molecule has 32 heavy (non-hydrogen) atoms. The second kappa shape index (κ2) is 9.49. The molecule has 0 saturated heterocycles. The maximum Gasteiger partial charge on any atom is 0.257 e. The zero-order chi connectivity index (χ0) is 23.6. The molecule has 2 amide bonds. The third-order valence-electron chi connectivity index (χ3n) is 4.79. The summed E-state index contributed by atoms with van der Waals surface area (Å²) in [5, 5.41) is 7.77. The van der Waals surface area contributed by atoms with Gasteiger partial charge in [-0.1, -0.05) is 0 Å². The first-order chi connectivity index (χ1) is 15.0. The minimum atomic E-state index is -3.68. The Hall–Kier alpha value is -2.60. The van der Waals surface area contributed by atoms with Gasteiger partial charge in [-0.3, -0.25) is 14.9 Å². The van der Waals surface area contributed by atoms with Crippen LogP contribution in [0.2, 0.25) is 0 Å². The Labute approximate surface area is 195 Å². The number of carbonyl (C=O) groups excluding carboxylic acids is 2. The summed E-state index contributed by atoms with van der Waals surface area (Å²) in [6.45, 7) is 5.43. The summed E-state index contributed by atoms with van der Waals surface area (Å²) >= 11 is 2.80. The number of sulfonamides is 1. The standard InChI is InChI=1S/C21H24N4O4S3/c1-12-8-15(9-19(13(12)2)32(28,29)25(4)5)20(27)24-21-23-17(11-30-21)18-7-6-16(31-18)10-22-14(3)26/h6-9,11H,10H2,1-5H3,(H,22,26)(H,23,24,27). The van der Waals surface area contributed by atoms with E-state index in [-0.39, 0.29) is 16.4 Å². The zero-order valence-corrected chi connectivity index (χ0v) is 20.8. The fraction of sp³-hybridized carbons (Fsp3) is 0.286. The van der Waals surface area contributed by atoms with Gasteiger partial charge >= 0.3 is 0 Å². The summed E-state index contributed by atoms with van der Waals surface area (Å²) < 4.78 is 26.4. The lowest BCUT2D eigenvalue weighted by Gasteiger charge is -2.16. The van der Waals surface area contributed by atoms with Crippen LogP contribution in [-0.4, -0.2) is 43.6 Å². The molecule has 2 N–H and O–H groups in total. The van der Waals surface area contributed by atoms with Gasteiger partial charge in [-0.05, 0) is 49.2 Å². The number of anilines is 1. The van der Waals surface area contributed by atoms with Crippen molar-refractivity contribution in [2.75, 3.05) is 19.4 Å². The van der Waals surface area contributed by atoms with Gasteiger partial charge in [-0.25, -0.2) is 17.7 Å². The van der Waals surface area contributed by atoms with E-state index in [1.165, 1.54) is 49.8 Å². The molecule has 0 radical (unpaired) electrons. The van der Waals surface area contributed by atoms with Crippen LogP contribution in [-0.2, 0) is 21.4 Å². The second-order valence-corrected chi connectivity index (χ2v) is 11.5. The van der Waals surface area contributed by atoms with Crippen LogP contribution in [0.4, 0.5) is 5.13 Å². The first-order valence-electron chi connectivity index (χ1n) is 9.63. The molecule has 0 atom stereocenters. The number of rotatable bonds is 7. The summed E-state index contributed by atoms with van der Waals surface area (Å²) in [5.74, 6) is -0.520. The number of nitrogens with zero attached hydrogens (tertiary/aromatic N) is 2. The summed E-state index contributed by atoms with van der Waals surface area (Å²) in [4.78, 5) is 30.4. The summed E-state index contributed by atoms with van der Waals surface area (Å²) in [7, 11) is -0.766. The highest BCUT2D eigenvalue weighted by atomic mass is 32.2. The molecule has 3 aromatic rings. The molecule has 0 aliphatic carbocycles. The lowest BCUT2D eigenvalue weighted by Crippen LogP contribution is -2.24. The quantitative estimate of drug-likeness (QED) is 0.524. The number of benzene rings is 1. The predicted molar refractivity (Wildman–Crippen MR) is 128 cm³/mol. The molecule has 2 aromatic heterocycles. The van der Waals surface area contributed by atoms with E-state index in [2.05, 4.69) is 15.6 Å². The number of hydrogen-bond donors (Lipinski definition) is 2. The molecule has 0 fully saturated rings. The average Bonchev–Trinajstić information content (AvgIpc) is 3.37. The first-order valence-corrected chi connectivity index (χ1v) is 12.8. The van der Waals surface area contributed by atoms with E-state index in [0.717, 1.165) is 19.8 Å². The van der Waals surface area contributed by atoms with E-state index >= 15 is 0 Å². The van der Waals surface area contributed by atoms with E-state index in [1.807, 2.05) is 17.5 Å². The summed E-state index contributed by atoms with van der Waals surface area (Å²) in [5.41, 5.74) is 2.29. The fourth-order valence-corrected chi connectivity index (χ4v) is 5.76. The number of aryl methyl sites for hydroxylation is 1. The van der Waals surface area contributed by atoms with Crippen molar-refractivity contribution < 1.29 is 18.0 Å². The third kappa shape index (κ3) is 5.23. The third-order valence-corrected chi connectivity index (χ3v) is 8.60. The highest BCUT2D eigenvalue weighted by Crippen LogP contribution is 2.31. The normalized spacial score (nSPS) is 11.6. The van der Waals surface area contributed by atoms with Crippen LogP contribution in [0.5, 0.6) is 0 Å². The summed E-state index contributed by atoms with van der Waals surface area (Å²) in [6.07, 6.45) is 0. The van der Waals surface area contributed by atoms with Crippen molar-refractivity contribution in [2.24, 2.45) is 0 Å². The van der Waals surface area contributed by atoms with E-state index in [9.17, 15) is 18.0 Å². The van der Waals surface area contributed by atoms with Crippen LogP contribution < -0.4 is 10.6 Å². The van der Waals surface area contributed by atoms with E-state index < -0.39 is 15.9 Å². The molecule has 0 bridgehead atoms. The largest absolute Gasteiger partial charge is 0.351 e. The van der Waals surface area contributed by atoms with Crippen LogP contribution in [0.15, 0.2) is 34.5 Å². The van der Waals surface area contributed by atoms with Crippen LogP contribution in [0, 0.1) is 13.8 Å². The number of carbonyl (C=O) groups is 2. The first kappa shape index (κ1) is 24.1. The molecule has 2 heterocycles. The number of aromatic nitrogens is 1. The topological polar surface area (TPSA) is 108 Å². The minimum absolute atomic E-state index is 0.0912. The molecule has 8 nitrogen and oxygen atoms in total. The van der Waals surface area contributed by atoms with Crippen LogP contribution in [0.3, 0.4) is 0 Å². The van der Waals surface area contributed by atoms with Crippen molar-refractivity contribution in [1.82, 2.24) is 14.6 Å². The Kier molecular flexibility index (Phi) is 7.13. The molecule has 170 valence electrons. The number of nitrogens with one attached hydrogen (secondary N) is 2. The van der Waals surface area contributed by atoms with Gasteiger partial charge < -0.3 is 5.32 Å². The van der Waals surface area contributed by atoms with Gasteiger partial charge in [0.25, 0.3) is 5.91 Å². The molecule has 1 aromatic carbocycles. The lowest BCUT2D eigenvalue weighted by molar-refractivity contribution is -0.119. The van der Waals surface area contributed by atoms with Crippen LogP contribution in [0.1, 0.15) is 33.3 Å². The molecule has 0 spiro atoms. The Bertz CT molecular complexity index is 1280. The maximum absolute atomic E-state index is 12.8. The zero-order valence-electron chi connectivity index (χ0n) is 18.3. The van der Waals surface area contributed by atoms with Crippen LogP contribution >= 0.6 is 22.7 Å². The predicted octanol–water partition coefficient (Wildman–Crippen LogP) is 3.63. The van der Waals surface area contributed by atoms with Gasteiger partial charge in [-0.2, -0.15) is 0 Å². The number of thiophene rings is 1. The number of thiazole rings is 1. The van der Waals surface area contributed by atoms with Crippen molar-refractivity contribution in [1.29, 1.82) is 0 Å². The smallest absolute Gasteiger partial charge is 0.257 e. The second-order valence-electron chi connectivity index (χ2n) is 7.37. The van der Waals surface area contributed by atoms with Gasteiger partial charge in [0.2, 0.25) is 15.9 Å². The molecule has 0 aliphatic heterocycles.